The van der Waals surface area contributed by atoms with E-state index in [1.807, 2.05) is 50.2 Å². The summed E-state index contributed by atoms with van der Waals surface area (Å²) < 4.78 is 5.46. The smallest absolute Gasteiger partial charge is 0.257 e. The van der Waals surface area contributed by atoms with E-state index in [0.29, 0.717) is 12.3 Å². The number of carbonyl (C=O) groups is 1. The molecule has 0 saturated heterocycles. The summed E-state index contributed by atoms with van der Waals surface area (Å²) >= 11 is 0. The fourth-order valence-electron chi connectivity index (χ4n) is 2.52. The maximum atomic E-state index is 11.8. The van der Waals surface area contributed by atoms with Crippen LogP contribution in [-0.2, 0) is 11.2 Å². The Balaban J connectivity index is 1.44. The Hall–Kier alpha value is -2.82. The molecule has 2 aromatic carbocycles. The Labute approximate surface area is 141 Å². The SMILES string of the molecule is Cc1ccc(OCC(=O)NCCc2ccc3nc(C)[nH]c3c2)cc1. The Morgan fingerprint density at radius 1 is 1.17 bits per heavy atom. The molecular weight excluding hydrogens is 302 g/mol. The number of nitrogens with zero attached hydrogens (tertiary/aromatic N) is 1. The van der Waals surface area contributed by atoms with Crippen LogP contribution in [0.3, 0.4) is 0 Å². The summed E-state index contributed by atoms with van der Waals surface area (Å²) in [5.74, 6) is 1.49. The molecule has 0 saturated carbocycles. The summed E-state index contributed by atoms with van der Waals surface area (Å²) in [6.07, 6.45) is 0.768. The van der Waals surface area contributed by atoms with Gasteiger partial charge in [-0.15, -0.1) is 0 Å². The molecule has 3 rings (SSSR count). The lowest BCUT2D eigenvalue weighted by molar-refractivity contribution is -0.123. The highest BCUT2D eigenvalue weighted by Gasteiger charge is 2.04. The minimum Gasteiger partial charge on any atom is -0.484 e. The summed E-state index contributed by atoms with van der Waals surface area (Å²) in [6.45, 7) is 4.56. The van der Waals surface area contributed by atoms with Crippen LogP contribution < -0.4 is 10.1 Å². The first-order valence-corrected chi connectivity index (χ1v) is 8.01. The number of H-pyrrole nitrogens is 1. The van der Waals surface area contributed by atoms with Gasteiger partial charge >= 0.3 is 0 Å². The van der Waals surface area contributed by atoms with E-state index in [-0.39, 0.29) is 12.5 Å². The van der Waals surface area contributed by atoms with E-state index < -0.39 is 0 Å². The van der Waals surface area contributed by atoms with Crippen molar-refractivity contribution in [3.05, 3.63) is 59.4 Å². The highest BCUT2D eigenvalue weighted by molar-refractivity contribution is 5.77. The Morgan fingerprint density at radius 2 is 1.96 bits per heavy atom. The normalized spacial score (nSPS) is 10.8. The second-order valence-corrected chi connectivity index (χ2v) is 5.88. The number of hydrogen-bond acceptors (Lipinski definition) is 3. The lowest BCUT2D eigenvalue weighted by Gasteiger charge is -2.08. The first-order valence-electron chi connectivity index (χ1n) is 8.01. The van der Waals surface area contributed by atoms with E-state index in [0.717, 1.165) is 34.4 Å². The Bertz CT molecular complexity index is 837. The average molecular weight is 323 g/mol. The van der Waals surface area contributed by atoms with Crippen molar-refractivity contribution < 1.29 is 9.53 Å². The maximum Gasteiger partial charge on any atom is 0.257 e. The van der Waals surface area contributed by atoms with Crippen molar-refractivity contribution in [3.8, 4) is 5.75 Å². The van der Waals surface area contributed by atoms with Gasteiger partial charge in [-0.2, -0.15) is 0 Å². The van der Waals surface area contributed by atoms with Gasteiger partial charge in [0.15, 0.2) is 6.61 Å². The number of fused-ring (bicyclic) bond motifs is 1. The number of amides is 1. The summed E-state index contributed by atoms with van der Waals surface area (Å²) in [5, 5.41) is 2.88. The van der Waals surface area contributed by atoms with Gasteiger partial charge in [-0.1, -0.05) is 23.8 Å². The maximum absolute atomic E-state index is 11.8. The summed E-state index contributed by atoms with van der Waals surface area (Å²) in [7, 11) is 0. The Kier molecular flexibility index (Phi) is 4.79. The molecule has 1 amide bonds. The van der Waals surface area contributed by atoms with Crippen LogP contribution in [0.4, 0.5) is 0 Å². The van der Waals surface area contributed by atoms with Crippen LogP contribution in [0, 0.1) is 13.8 Å². The van der Waals surface area contributed by atoms with Gasteiger partial charge in [-0.25, -0.2) is 4.98 Å². The van der Waals surface area contributed by atoms with Crippen LogP contribution in [0.25, 0.3) is 11.0 Å². The molecule has 0 fully saturated rings. The lowest BCUT2D eigenvalue weighted by atomic mass is 10.1. The number of carbonyl (C=O) groups excluding carboxylic acids is 1. The van der Waals surface area contributed by atoms with Crippen molar-refractivity contribution in [2.45, 2.75) is 20.3 Å². The van der Waals surface area contributed by atoms with E-state index in [1.165, 1.54) is 0 Å². The second kappa shape index (κ2) is 7.17. The quantitative estimate of drug-likeness (QED) is 0.733. The lowest BCUT2D eigenvalue weighted by Crippen LogP contribution is -2.30. The van der Waals surface area contributed by atoms with Crippen molar-refractivity contribution >= 4 is 16.9 Å². The van der Waals surface area contributed by atoms with E-state index in [9.17, 15) is 4.79 Å². The largest absolute Gasteiger partial charge is 0.484 e. The molecule has 3 aromatic rings. The van der Waals surface area contributed by atoms with Gasteiger partial charge in [-0.05, 0) is 50.1 Å². The number of nitrogens with one attached hydrogen (secondary N) is 2. The van der Waals surface area contributed by atoms with E-state index in [4.69, 9.17) is 4.74 Å². The molecule has 0 aliphatic rings. The highest BCUT2D eigenvalue weighted by atomic mass is 16.5. The average Bonchev–Trinajstić information content (AvgIpc) is 2.93. The first-order chi connectivity index (χ1) is 11.6. The first kappa shape index (κ1) is 16.1. The minimum atomic E-state index is -0.117. The number of hydrogen-bond donors (Lipinski definition) is 2. The van der Waals surface area contributed by atoms with Crippen LogP contribution in [0.1, 0.15) is 17.0 Å². The zero-order valence-electron chi connectivity index (χ0n) is 13.9. The highest BCUT2D eigenvalue weighted by Crippen LogP contribution is 2.14. The van der Waals surface area contributed by atoms with Gasteiger partial charge in [-0.3, -0.25) is 4.79 Å². The molecule has 0 aliphatic carbocycles. The van der Waals surface area contributed by atoms with E-state index in [1.54, 1.807) is 0 Å². The van der Waals surface area contributed by atoms with Gasteiger partial charge in [0, 0.05) is 6.54 Å². The van der Waals surface area contributed by atoms with Crippen LogP contribution in [0.2, 0.25) is 0 Å². The number of aryl methyl sites for hydroxylation is 2. The van der Waals surface area contributed by atoms with Crippen LogP contribution in [0.5, 0.6) is 5.75 Å². The second-order valence-electron chi connectivity index (χ2n) is 5.88. The zero-order chi connectivity index (χ0) is 16.9. The van der Waals surface area contributed by atoms with E-state index in [2.05, 4.69) is 21.4 Å². The molecular formula is C19H21N3O2. The summed E-state index contributed by atoms with van der Waals surface area (Å²) in [4.78, 5) is 19.4. The third kappa shape index (κ3) is 4.13. The summed E-state index contributed by atoms with van der Waals surface area (Å²) in [5.41, 5.74) is 4.31. The zero-order valence-corrected chi connectivity index (χ0v) is 13.9. The number of ether oxygens (including phenoxy) is 1. The number of aromatic nitrogens is 2. The molecule has 2 N–H and O–H groups in total. The molecule has 0 atom stereocenters. The number of rotatable bonds is 6. The predicted octanol–water partition coefficient (Wildman–Crippen LogP) is 2.92. The van der Waals surface area contributed by atoms with Gasteiger partial charge in [0.2, 0.25) is 0 Å². The van der Waals surface area contributed by atoms with Crippen LogP contribution in [-0.4, -0.2) is 29.0 Å². The molecule has 0 bridgehead atoms. The molecule has 1 aromatic heterocycles. The molecule has 5 nitrogen and oxygen atoms in total. The molecule has 0 unspecified atom stereocenters. The van der Waals surface area contributed by atoms with Crippen LogP contribution in [0.15, 0.2) is 42.5 Å². The fourth-order valence-corrected chi connectivity index (χ4v) is 2.52. The Morgan fingerprint density at radius 3 is 2.75 bits per heavy atom. The minimum absolute atomic E-state index is 0.0296. The van der Waals surface area contributed by atoms with Crippen molar-refractivity contribution in [2.75, 3.05) is 13.2 Å². The molecule has 0 aliphatic heterocycles. The molecule has 0 radical (unpaired) electrons. The number of aromatic amines is 1. The standard InChI is InChI=1S/C19H21N3O2/c1-13-3-6-16(7-4-13)24-12-19(23)20-10-9-15-5-8-17-18(11-15)22-14(2)21-17/h3-8,11H,9-10,12H2,1-2H3,(H,20,23)(H,21,22). The van der Waals surface area contributed by atoms with Crippen molar-refractivity contribution in [3.63, 3.8) is 0 Å². The van der Waals surface area contributed by atoms with Gasteiger partial charge in [0.25, 0.3) is 5.91 Å². The van der Waals surface area contributed by atoms with Crippen molar-refractivity contribution in [2.24, 2.45) is 0 Å². The molecule has 124 valence electrons. The third-order valence-corrected chi connectivity index (χ3v) is 3.79. The van der Waals surface area contributed by atoms with Gasteiger partial charge in [0.1, 0.15) is 11.6 Å². The van der Waals surface area contributed by atoms with E-state index >= 15 is 0 Å². The predicted molar refractivity (Wildman–Crippen MR) is 94.2 cm³/mol. The molecule has 1 heterocycles. The summed E-state index contributed by atoms with van der Waals surface area (Å²) in [6, 6.07) is 13.8. The topological polar surface area (TPSA) is 67.0 Å². The van der Waals surface area contributed by atoms with Crippen LogP contribution >= 0.6 is 0 Å². The fraction of sp³-hybridized carbons (Fsp3) is 0.263. The molecule has 5 heteroatoms. The molecule has 0 spiro atoms. The monoisotopic (exact) mass is 323 g/mol. The van der Waals surface area contributed by atoms with Crippen molar-refractivity contribution in [1.82, 2.24) is 15.3 Å². The van der Waals surface area contributed by atoms with Gasteiger partial charge < -0.3 is 15.0 Å². The van der Waals surface area contributed by atoms with Gasteiger partial charge in [0.05, 0.1) is 11.0 Å². The number of benzene rings is 2. The molecule has 24 heavy (non-hydrogen) atoms. The third-order valence-electron chi connectivity index (χ3n) is 3.79. The van der Waals surface area contributed by atoms with Crippen molar-refractivity contribution in [1.29, 1.82) is 0 Å². The number of imidazole rings is 1.